The largest absolute Gasteiger partial charge is 0.371 e. The molecular formula is C19H27FN2O2. The number of rotatable bonds is 3. The number of carbonyl (C=O) groups excluding carboxylic acids is 1. The highest BCUT2D eigenvalue weighted by Gasteiger charge is 2.32. The third kappa shape index (κ3) is 3.95. The lowest BCUT2D eigenvalue weighted by Crippen LogP contribution is -2.52. The van der Waals surface area contributed by atoms with Crippen molar-refractivity contribution in [1.29, 1.82) is 0 Å². The third-order valence-electron chi connectivity index (χ3n) is 5.34. The van der Waals surface area contributed by atoms with E-state index in [9.17, 15) is 9.18 Å². The van der Waals surface area contributed by atoms with E-state index in [1.165, 1.54) is 12.1 Å². The monoisotopic (exact) mass is 334 g/mol. The standard InChI is InChI=1S/C19H27FN2O2/c1-14-7-9-21(10-8-14)19(23)15(2)22-11-12-24-18(13-22)16-3-5-17(20)6-4-16/h3-6,14-15,18H,7-13H2,1-2H3. The molecule has 2 aliphatic rings. The van der Waals surface area contributed by atoms with Crippen molar-refractivity contribution in [3.63, 3.8) is 0 Å². The van der Waals surface area contributed by atoms with Crippen molar-refractivity contribution in [3.8, 4) is 0 Å². The predicted molar refractivity (Wildman–Crippen MR) is 91.1 cm³/mol. The zero-order valence-electron chi connectivity index (χ0n) is 14.6. The molecule has 2 aliphatic heterocycles. The van der Waals surface area contributed by atoms with Crippen molar-refractivity contribution in [2.75, 3.05) is 32.8 Å². The Bertz CT molecular complexity index is 555. The van der Waals surface area contributed by atoms with Crippen LogP contribution in [0.4, 0.5) is 4.39 Å². The number of ether oxygens (including phenoxy) is 1. The van der Waals surface area contributed by atoms with Crippen LogP contribution in [0.3, 0.4) is 0 Å². The minimum absolute atomic E-state index is 0.101. The molecule has 0 bridgehead atoms. The van der Waals surface area contributed by atoms with Crippen molar-refractivity contribution in [2.45, 2.75) is 38.8 Å². The first-order valence-electron chi connectivity index (χ1n) is 8.94. The van der Waals surface area contributed by atoms with Gasteiger partial charge in [0.25, 0.3) is 0 Å². The van der Waals surface area contributed by atoms with Gasteiger partial charge in [0.1, 0.15) is 5.82 Å². The molecule has 3 rings (SSSR count). The second kappa shape index (κ2) is 7.62. The molecule has 2 heterocycles. The number of piperidine rings is 1. The molecular weight excluding hydrogens is 307 g/mol. The summed E-state index contributed by atoms with van der Waals surface area (Å²) in [5.41, 5.74) is 0.965. The molecule has 2 unspecified atom stereocenters. The fourth-order valence-corrected chi connectivity index (χ4v) is 3.55. The Morgan fingerprint density at radius 3 is 2.54 bits per heavy atom. The van der Waals surface area contributed by atoms with Crippen LogP contribution in [0.15, 0.2) is 24.3 Å². The molecule has 0 saturated carbocycles. The van der Waals surface area contributed by atoms with E-state index >= 15 is 0 Å². The van der Waals surface area contributed by atoms with Crippen LogP contribution >= 0.6 is 0 Å². The highest BCUT2D eigenvalue weighted by atomic mass is 19.1. The summed E-state index contributed by atoms with van der Waals surface area (Å²) in [5, 5.41) is 0. The van der Waals surface area contributed by atoms with Crippen LogP contribution < -0.4 is 0 Å². The number of likely N-dealkylation sites (tertiary alicyclic amines) is 1. The van der Waals surface area contributed by atoms with Gasteiger partial charge in [0, 0.05) is 26.2 Å². The Morgan fingerprint density at radius 1 is 1.21 bits per heavy atom. The van der Waals surface area contributed by atoms with Gasteiger partial charge in [-0.05, 0) is 43.4 Å². The average Bonchev–Trinajstić information content (AvgIpc) is 2.62. The van der Waals surface area contributed by atoms with Gasteiger partial charge in [-0.1, -0.05) is 19.1 Å². The number of hydrogen-bond acceptors (Lipinski definition) is 3. The lowest BCUT2D eigenvalue weighted by Gasteiger charge is -2.39. The van der Waals surface area contributed by atoms with E-state index in [1.807, 2.05) is 11.8 Å². The summed E-state index contributed by atoms with van der Waals surface area (Å²) in [4.78, 5) is 17.0. The molecule has 0 N–H and O–H groups in total. The molecule has 5 heteroatoms. The summed E-state index contributed by atoms with van der Waals surface area (Å²) >= 11 is 0. The summed E-state index contributed by atoms with van der Waals surface area (Å²) in [7, 11) is 0. The van der Waals surface area contributed by atoms with E-state index in [4.69, 9.17) is 4.74 Å². The Balaban J connectivity index is 1.61. The summed E-state index contributed by atoms with van der Waals surface area (Å²) in [6.45, 7) is 8.01. The van der Waals surface area contributed by atoms with Crippen LogP contribution in [0.25, 0.3) is 0 Å². The third-order valence-corrected chi connectivity index (χ3v) is 5.34. The highest BCUT2D eigenvalue weighted by Crippen LogP contribution is 2.25. The molecule has 0 radical (unpaired) electrons. The fourth-order valence-electron chi connectivity index (χ4n) is 3.55. The minimum atomic E-state index is -0.241. The molecule has 0 aliphatic carbocycles. The second-order valence-electron chi connectivity index (χ2n) is 7.09. The minimum Gasteiger partial charge on any atom is -0.371 e. The van der Waals surface area contributed by atoms with E-state index in [0.29, 0.717) is 13.2 Å². The first kappa shape index (κ1) is 17.4. The predicted octanol–water partition coefficient (Wildman–Crippen LogP) is 2.85. The summed E-state index contributed by atoms with van der Waals surface area (Å²) in [6.07, 6.45) is 2.09. The molecule has 2 fully saturated rings. The van der Waals surface area contributed by atoms with Crippen molar-refractivity contribution in [1.82, 2.24) is 9.80 Å². The first-order valence-corrected chi connectivity index (χ1v) is 8.94. The Morgan fingerprint density at radius 2 is 1.88 bits per heavy atom. The van der Waals surface area contributed by atoms with Crippen LogP contribution in [0.1, 0.15) is 38.4 Å². The van der Waals surface area contributed by atoms with E-state index in [2.05, 4.69) is 11.8 Å². The number of halogens is 1. The summed E-state index contributed by atoms with van der Waals surface area (Å²) < 4.78 is 18.9. The van der Waals surface area contributed by atoms with Gasteiger partial charge in [0.05, 0.1) is 18.8 Å². The van der Waals surface area contributed by atoms with Crippen LogP contribution in [0, 0.1) is 11.7 Å². The Labute approximate surface area is 143 Å². The maximum atomic E-state index is 13.1. The van der Waals surface area contributed by atoms with E-state index in [0.717, 1.165) is 44.0 Å². The lowest BCUT2D eigenvalue weighted by molar-refractivity contribution is -0.141. The first-order chi connectivity index (χ1) is 11.5. The Hall–Kier alpha value is -1.46. The van der Waals surface area contributed by atoms with Crippen molar-refractivity contribution >= 4 is 5.91 Å². The normalized spacial score (nSPS) is 24.8. The average molecular weight is 334 g/mol. The van der Waals surface area contributed by atoms with Crippen LogP contribution in [-0.4, -0.2) is 54.5 Å². The van der Waals surface area contributed by atoms with Crippen LogP contribution in [0.5, 0.6) is 0 Å². The summed E-state index contributed by atoms with van der Waals surface area (Å²) in [6, 6.07) is 6.32. The second-order valence-corrected chi connectivity index (χ2v) is 7.09. The van der Waals surface area contributed by atoms with Crippen LogP contribution in [0.2, 0.25) is 0 Å². The van der Waals surface area contributed by atoms with E-state index < -0.39 is 0 Å². The van der Waals surface area contributed by atoms with Gasteiger partial charge in [-0.2, -0.15) is 0 Å². The zero-order valence-corrected chi connectivity index (χ0v) is 14.6. The molecule has 1 amide bonds. The number of amides is 1. The van der Waals surface area contributed by atoms with E-state index in [1.54, 1.807) is 12.1 Å². The number of morpholine rings is 1. The summed E-state index contributed by atoms with van der Waals surface area (Å²) in [5.74, 6) is 0.701. The quantitative estimate of drug-likeness (QED) is 0.852. The smallest absolute Gasteiger partial charge is 0.239 e. The van der Waals surface area contributed by atoms with Gasteiger partial charge in [-0.3, -0.25) is 9.69 Å². The van der Waals surface area contributed by atoms with Gasteiger partial charge in [-0.25, -0.2) is 4.39 Å². The fraction of sp³-hybridized carbons (Fsp3) is 0.632. The number of carbonyl (C=O) groups is 1. The number of hydrogen-bond donors (Lipinski definition) is 0. The van der Waals surface area contributed by atoms with Gasteiger partial charge in [0.2, 0.25) is 5.91 Å². The van der Waals surface area contributed by atoms with Crippen molar-refractivity contribution < 1.29 is 13.9 Å². The molecule has 4 nitrogen and oxygen atoms in total. The highest BCUT2D eigenvalue weighted by molar-refractivity contribution is 5.81. The maximum Gasteiger partial charge on any atom is 0.239 e. The lowest BCUT2D eigenvalue weighted by atomic mass is 9.98. The van der Waals surface area contributed by atoms with Crippen LogP contribution in [-0.2, 0) is 9.53 Å². The zero-order chi connectivity index (χ0) is 17.1. The van der Waals surface area contributed by atoms with Crippen molar-refractivity contribution in [3.05, 3.63) is 35.6 Å². The SMILES string of the molecule is CC1CCN(C(=O)C(C)N2CCOC(c3ccc(F)cc3)C2)CC1. The van der Waals surface area contributed by atoms with Gasteiger partial charge in [0.15, 0.2) is 0 Å². The molecule has 132 valence electrons. The number of nitrogens with zero attached hydrogens (tertiary/aromatic N) is 2. The molecule has 2 atom stereocenters. The maximum absolute atomic E-state index is 13.1. The molecule has 1 aromatic rings. The molecule has 0 aromatic heterocycles. The van der Waals surface area contributed by atoms with Gasteiger partial charge in [-0.15, -0.1) is 0 Å². The van der Waals surface area contributed by atoms with Gasteiger partial charge >= 0.3 is 0 Å². The molecule has 1 aromatic carbocycles. The molecule has 2 saturated heterocycles. The van der Waals surface area contributed by atoms with Gasteiger partial charge < -0.3 is 9.64 Å². The van der Waals surface area contributed by atoms with Crippen molar-refractivity contribution in [2.24, 2.45) is 5.92 Å². The Kier molecular flexibility index (Phi) is 5.51. The number of benzene rings is 1. The molecule has 0 spiro atoms. The molecule has 24 heavy (non-hydrogen) atoms. The topological polar surface area (TPSA) is 32.8 Å². The van der Waals surface area contributed by atoms with E-state index in [-0.39, 0.29) is 23.9 Å².